The van der Waals surface area contributed by atoms with E-state index in [1.807, 2.05) is 6.92 Å². The van der Waals surface area contributed by atoms with Gasteiger partial charge in [0.05, 0.1) is 18.1 Å². The Morgan fingerprint density at radius 3 is 2.67 bits per heavy atom. The van der Waals surface area contributed by atoms with Crippen LogP contribution in [0.1, 0.15) is 17.2 Å². The van der Waals surface area contributed by atoms with Crippen LogP contribution in [0.25, 0.3) is 0 Å². The highest BCUT2D eigenvalue weighted by atomic mass is 16.4. The minimum Gasteiger partial charge on any atom is -0.479 e. The molecule has 0 fully saturated rings. The van der Waals surface area contributed by atoms with E-state index in [1.165, 1.54) is 23.3 Å². The fraction of sp³-hybridized carbons (Fsp3) is 0.231. The number of nitrogens with zero attached hydrogens (tertiary/aromatic N) is 3. The second-order valence-corrected chi connectivity index (χ2v) is 4.57. The van der Waals surface area contributed by atoms with Gasteiger partial charge in [0.15, 0.2) is 6.04 Å². The highest BCUT2D eigenvalue weighted by molar-refractivity contribution is 5.92. The second kappa shape index (κ2) is 6.04. The van der Waals surface area contributed by atoms with Crippen LogP contribution < -0.4 is 10.6 Å². The van der Waals surface area contributed by atoms with Crippen molar-refractivity contribution in [1.82, 2.24) is 20.1 Å². The van der Waals surface area contributed by atoms with Crippen molar-refractivity contribution in [2.24, 2.45) is 7.05 Å². The van der Waals surface area contributed by atoms with Crippen molar-refractivity contribution in [3.8, 4) is 0 Å². The lowest BCUT2D eigenvalue weighted by atomic mass is 10.1. The number of amides is 2. The molecule has 1 atom stereocenters. The van der Waals surface area contributed by atoms with Gasteiger partial charge in [-0.3, -0.25) is 9.67 Å². The van der Waals surface area contributed by atoms with Gasteiger partial charge in [0.1, 0.15) is 0 Å². The average Bonchev–Trinajstić information content (AvgIpc) is 2.82. The molecule has 0 aliphatic carbocycles. The van der Waals surface area contributed by atoms with Crippen LogP contribution in [0.15, 0.2) is 30.9 Å². The van der Waals surface area contributed by atoms with E-state index in [-0.39, 0.29) is 0 Å². The lowest BCUT2D eigenvalue weighted by Gasteiger charge is -2.13. The normalized spacial score (nSPS) is 11.7. The molecule has 0 aliphatic rings. The number of hydrogen-bond donors (Lipinski definition) is 3. The van der Waals surface area contributed by atoms with Gasteiger partial charge in [-0.05, 0) is 18.6 Å². The molecule has 2 rings (SSSR count). The molecule has 21 heavy (non-hydrogen) atoms. The molecule has 2 aromatic rings. The third kappa shape index (κ3) is 3.78. The molecule has 0 bridgehead atoms. The molecule has 1 unspecified atom stereocenters. The Hall–Kier alpha value is -2.90. The molecule has 110 valence electrons. The first kappa shape index (κ1) is 14.5. The summed E-state index contributed by atoms with van der Waals surface area (Å²) < 4.78 is 1.47. The monoisotopic (exact) mass is 289 g/mol. The number of carbonyl (C=O) groups is 2. The van der Waals surface area contributed by atoms with Crippen LogP contribution in [-0.4, -0.2) is 31.9 Å². The zero-order valence-electron chi connectivity index (χ0n) is 11.6. The Kier molecular flexibility index (Phi) is 4.17. The Morgan fingerprint density at radius 2 is 2.10 bits per heavy atom. The fourth-order valence-corrected chi connectivity index (χ4v) is 1.80. The van der Waals surface area contributed by atoms with Gasteiger partial charge in [-0.1, -0.05) is 0 Å². The van der Waals surface area contributed by atoms with Gasteiger partial charge in [-0.25, -0.2) is 9.59 Å². The summed E-state index contributed by atoms with van der Waals surface area (Å²) in [6, 6.07) is -0.0676. The third-order valence-electron chi connectivity index (χ3n) is 2.71. The van der Waals surface area contributed by atoms with Crippen molar-refractivity contribution in [3.63, 3.8) is 0 Å². The summed E-state index contributed by atoms with van der Waals surface area (Å²) in [7, 11) is 1.67. The van der Waals surface area contributed by atoms with Gasteiger partial charge >= 0.3 is 12.0 Å². The maximum atomic E-state index is 11.9. The van der Waals surface area contributed by atoms with Crippen LogP contribution >= 0.6 is 0 Å². The third-order valence-corrected chi connectivity index (χ3v) is 2.71. The largest absolute Gasteiger partial charge is 0.479 e. The number of hydrogen-bond acceptors (Lipinski definition) is 4. The zero-order chi connectivity index (χ0) is 15.4. The molecule has 0 aliphatic heterocycles. The highest BCUT2D eigenvalue weighted by Gasteiger charge is 2.23. The first-order valence-corrected chi connectivity index (χ1v) is 6.16. The summed E-state index contributed by atoms with van der Waals surface area (Å²) in [5, 5.41) is 18.0. The summed E-state index contributed by atoms with van der Waals surface area (Å²) in [5.74, 6) is -1.17. The van der Waals surface area contributed by atoms with E-state index in [2.05, 4.69) is 20.7 Å². The molecule has 2 aromatic heterocycles. The van der Waals surface area contributed by atoms with Gasteiger partial charge < -0.3 is 15.7 Å². The lowest BCUT2D eigenvalue weighted by molar-refractivity contribution is -0.139. The number of carboxylic acids is 1. The van der Waals surface area contributed by atoms with E-state index in [0.29, 0.717) is 11.3 Å². The van der Waals surface area contributed by atoms with Crippen molar-refractivity contribution in [3.05, 3.63) is 42.0 Å². The minimum atomic E-state index is -1.17. The molecule has 0 spiro atoms. The number of nitrogens with one attached hydrogen (secondary N) is 2. The van der Waals surface area contributed by atoms with E-state index in [0.717, 1.165) is 5.56 Å². The van der Waals surface area contributed by atoms with Crippen LogP contribution in [0.3, 0.4) is 0 Å². The lowest BCUT2D eigenvalue weighted by Crippen LogP contribution is -2.36. The molecular formula is C13H15N5O3. The number of aliphatic carboxylic acids is 1. The van der Waals surface area contributed by atoms with Crippen LogP contribution in [0.2, 0.25) is 0 Å². The second-order valence-electron chi connectivity index (χ2n) is 4.57. The summed E-state index contributed by atoms with van der Waals surface area (Å²) in [5.41, 5.74) is 1.76. The first-order valence-electron chi connectivity index (χ1n) is 6.16. The number of anilines is 1. The minimum absolute atomic E-state index is 0.391. The quantitative estimate of drug-likeness (QED) is 0.780. The number of aryl methyl sites for hydroxylation is 2. The molecule has 2 heterocycles. The number of urea groups is 1. The number of rotatable bonds is 4. The summed E-state index contributed by atoms with van der Waals surface area (Å²) in [6.45, 7) is 1.84. The number of pyridine rings is 1. The molecule has 0 saturated carbocycles. The fourth-order valence-electron chi connectivity index (χ4n) is 1.80. The van der Waals surface area contributed by atoms with Crippen molar-refractivity contribution < 1.29 is 14.7 Å². The number of carbonyl (C=O) groups excluding carboxylic acids is 1. The van der Waals surface area contributed by atoms with E-state index in [9.17, 15) is 14.7 Å². The van der Waals surface area contributed by atoms with Gasteiger partial charge in [0.2, 0.25) is 0 Å². The predicted molar refractivity (Wildman–Crippen MR) is 74.7 cm³/mol. The zero-order valence-corrected chi connectivity index (χ0v) is 11.6. The molecular weight excluding hydrogens is 274 g/mol. The molecule has 0 saturated heterocycles. The smallest absolute Gasteiger partial charge is 0.331 e. The number of aromatic nitrogens is 3. The molecule has 0 aromatic carbocycles. The highest BCUT2D eigenvalue weighted by Crippen LogP contribution is 2.13. The van der Waals surface area contributed by atoms with Gasteiger partial charge in [-0.15, -0.1) is 0 Å². The summed E-state index contributed by atoms with van der Waals surface area (Å²) in [4.78, 5) is 27.1. The maximum absolute atomic E-state index is 11.9. The van der Waals surface area contributed by atoms with Gasteiger partial charge in [0.25, 0.3) is 0 Å². The summed E-state index contributed by atoms with van der Waals surface area (Å²) in [6.07, 6.45) is 6.06. The Bertz CT molecular complexity index is 667. The van der Waals surface area contributed by atoms with E-state index >= 15 is 0 Å². The molecule has 8 heteroatoms. The van der Waals surface area contributed by atoms with Gasteiger partial charge in [0, 0.05) is 25.0 Å². The van der Waals surface area contributed by atoms with Crippen LogP contribution in [0.4, 0.5) is 10.5 Å². The van der Waals surface area contributed by atoms with Crippen LogP contribution in [0, 0.1) is 6.92 Å². The topological polar surface area (TPSA) is 109 Å². The van der Waals surface area contributed by atoms with Gasteiger partial charge in [-0.2, -0.15) is 5.10 Å². The average molecular weight is 289 g/mol. The molecule has 2 amide bonds. The van der Waals surface area contributed by atoms with Crippen LogP contribution in [-0.2, 0) is 11.8 Å². The Morgan fingerprint density at radius 1 is 1.33 bits per heavy atom. The molecule has 3 N–H and O–H groups in total. The van der Waals surface area contributed by atoms with E-state index in [1.54, 1.807) is 19.3 Å². The van der Waals surface area contributed by atoms with Crippen molar-refractivity contribution >= 4 is 17.7 Å². The van der Waals surface area contributed by atoms with Crippen molar-refractivity contribution in [2.45, 2.75) is 13.0 Å². The van der Waals surface area contributed by atoms with Crippen molar-refractivity contribution in [1.29, 1.82) is 0 Å². The number of carboxylic acid groups (broad SMARTS) is 1. The predicted octanol–water partition coefficient (Wildman–Crippen LogP) is 1.07. The molecule has 0 radical (unpaired) electrons. The van der Waals surface area contributed by atoms with Crippen molar-refractivity contribution in [2.75, 3.05) is 5.32 Å². The first-order chi connectivity index (χ1) is 9.95. The van der Waals surface area contributed by atoms with E-state index < -0.39 is 18.0 Å². The maximum Gasteiger partial charge on any atom is 0.331 e. The van der Waals surface area contributed by atoms with Crippen LogP contribution in [0.5, 0.6) is 0 Å². The molecule has 8 nitrogen and oxygen atoms in total. The SMILES string of the molecule is Cc1cncc(NC(=O)NC(C(=O)O)c2cnn(C)c2)c1. The Labute approximate surface area is 120 Å². The summed E-state index contributed by atoms with van der Waals surface area (Å²) >= 11 is 0. The standard InChI is InChI=1S/C13H15N5O3/c1-8-3-10(6-14-4-8)16-13(21)17-11(12(19)20)9-5-15-18(2)7-9/h3-7,11H,1-2H3,(H,19,20)(H2,16,17,21). The van der Waals surface area contributed by atoms with E-state index in [4.69, 9.17) is 0 Å². The Balaban J connectivity index is 2.07.